The third kappa shape index (κ3) is 4.61. The van der Waals surface area contributed by atoms with Gasteiger partial charge in [0.15, 0.2) is 11.5 Å². The van der Waals surface area contributed by atoms with Crippen LogP contribution in [0.1, 0.15) is 17.0 Å². The van der Waals surface area contributed by atoms with E-state index < -0.39 is 0 Å². The Morgan fingerprint density at radius 2 is 2.08 bits per heavy atom. The Morgan fingerprint density at radius 1 is 1.23 bits per heavy atom. The molecule has 0 unspecified atom stereocenters. The number of hydrogen-bond acceptors (Lipinski definition) is 7. The number of benzene rings is 1. The molecule has 9 heteroatoms. The molecule has 0 aliphatic carbocycles. The molecule has 0 atom stereocenters. The van der Waals surface area contributed by atoms with Crippen LogP contribution in [0.4, 0.5) is 9.93 Å². The summed E-state index contributed by atoms with van der Waals surface area (Å²) in [6.45, 7) is 2.53. The predicted octanol–water partition coefficient (Wildman–Crippen LogP) is 2.40. The summed E-state index contributed by atoms with van der Waals surface area (Å²) < 4.78 is 15.9. The maximum absolute atomic E-state index is 12.3. The number of anilines is 1. The zero-order chi connectivity index (χ0) is 18.4. The number of rotatable bonds is 5. The van der Waals surface area contributed by atoms with Gasteiger partial charge in [-0.15, -0.1) is 10.2 Å². The molecule has 1 saturated heterocycles. The van der Waals surface area contributed by atoms with Crippen LogP contribution in [-0.2, 0) is 11.2 Å². The van der Waals surface area contributed by atoms with Gasteiger partial charge in [-0.3, -0.25) is 5.32 Å². The van der Waals surface area contributed by atoms with Crippen LogP contribution in [0.2, 0.25) is 0 Å². The van der Waals surface area contributed by atoms with Crippen LogP contribution in [0.15, 0.2) is 18.2 Å². The number of hydrogen-bond donors (Lipinski definition) is 1. The van der Waals surface area contributed by atoms with Gasteiger partial charge in [-0.1, -0.05) is 17.4 Å². The van der Waals surface area contributed by atoms with Crippen molar-refractivity contribution in [2.24, 2.45) is 0 Å². The molecule has 0 saturated carbocycles. The molecule has 2 aromatic rings. The van der Waals surface area contributed by atoms with Gasteiger partial charge < -0.3 is 19.1 Å². The minimum Gasteiger partial charge on any atom is -0.493 e. The van der Waals surface area contributed by atoms with Gasteiger partial charge in [0.2, 0.25) is 5.13 Å². The van der Waals surface area contributed by atoms with Crippen molar-refractivity contribution in [2.45, 2.75) is 12.8 Å². The standard InChI is InChI=1S/C17H22N4O4S/c1-23-13-5-4-12(10-14(13)24-2)11-15-19-20-16(26-15)18-17(22)21-6-3-8-25-9-7-21/h4-5,10H,3,6-9,11H2,1-2H3,(H,18,20,22). The van der Waals surface area contributed by atoms with Gasteiger partial charge in [-0.2, -0.15) is 0 Å². The van der Waals surface area contributed by atoms with Crippen LogP contribution < -0.4 is 14.8 Å². The van der Waals surface area contributed by atoms with Gasteiger partial charge in [-0.25, -0.2) is 4.79 Å². The summed E-state index contributed by atoms with van der Waals surface area (Å²) in [7, 11) is 3.21. The van der Waals surface area contributed by atoms with E-state index in [0.29, 0.717) is 49.4 Å². The first-order valence-corrected chi connectivity index (χ1v) is 9.18. The van der Waals surface area contributed by atoms with E-state index in [9.17, 15) is 4.79 Å². The summed E-state index contributed by atoms with van der Waals surface area (Å²) in [5.41, 5.74) is 1.03. The minimum absolute atomic E-state index is 0.163. The van der Waals surface area contributed by atoms with Crippen LogP contribution in [0, 0.1) is 0 Å². The van der Waals surface area contributed by atoms with Crippen LogP contribution in [0.25, 0.3) is 0 Å². The minimum atomic E-state index is -0.163. The maximum atomic E-state index is 12.3. The number of nitrogens with zero attached hydrogens (tertiary/aromatic N) is 3. The van der Waals surface area contributed by atoms with Gasteiger partial charge in [-0.05, 0) is 24.1 Å². The molecule has 1 aromatic heterocycles. The average molecular weight is 378 g/mol. The lowest BCUT2D eigenvalue weighted by Crippen LogP contribution is -2.36. The number of nitrogens with one attached hydrogen (secondary N) is 1. The Balaban J connectivity index is 1.61. The van der Waals surface area contributed by atoms with Crippen molar-refractivity contribution >= 4 is 22.5 Å². The van der Waals surface area contributed by atoms with Gasteiger partial charge in [0.25, 0.3) is 0 Å². The molecule has 1 aliphatic rings. The molecule has 1 aliphatic heterocycles. The van der Waals surface area contributed by atoms with E-state index in [1.54, 1.807) is 19.1 Å². The molecule has 1 aromatic carbocycles. The molecule has 2 heterocycles. The second-order valence-electron chi connectivity index (χ2n) is 5.75. The van der Waals surface area contributed by atoms with Crippen molar-refractivity contribution in [1.29, 1.82) is 0 Å². The van der Waals surface area contributed by atoms with Gasteiger partial charge in [0.1, 0.15) is 5.01 Å². The van der Waals surface area contributed by atoms with Crippen LogP contribution in [0.3, 0.4) is 0 Å². The van der Waals surface area contributed by atoms with E-state index >= 15 is 0 Å². The Labute approximate surface area is 156 Å². The van der Waals surface area contributed by atoms with E-state index in [2.05, 4.69) is 15.5 Å². The third-order valence-corrected chi connectivity index (χ3v) is 4.83. The van der Waals surface area contributed by atoms with Gasteiger partial charge >= 0.3 is 6.03 Å². The zero-order valence-electron chi connectivity index (χ0n) is 14.9. The highest BCUT2D eigenvalue weighted by Gasteiger charge is 2.17. The smallest absolute Gasteiger partial charge is 0.323 e. The monoisotopic (exact) mass is 378 g/mol. The summed E-state index contributed by atoms with van der Waals surface area (Å²) in [5, 5.41) is 12.4. The third-order valence-electron chi connectivity index (χ3n) is 3.99. The number of carbonyl (C=O) groups excluding carboxylic acids is 1. The SMILES string of the molecule is COc1ccc(Cc2nnc(NC(=O)N3CCCOCC3)s2)cc1OC. The van der Waals surface area contributed by atoms with Gasteiger partial charge in [0.05, 0.1) is 20.8 Å². The van der Waals surface area contributed by atoms with E-state index in [1.807, 2.05) is 18.2 Å². The molecule has 1 N–H and O–H groups in total. The van der Waals surface area contributed by atoms with Crippen LogP contribution >= 0.6 is 11.3 Å². The number of carbonyl (C=O) groups is 1. The molecule has 2 amide bonds. The summed E-state index contributed by atoms with van der Waals surface area (Å²) in [4.78, 5) is 14.0. The zero-order valence-corrected chi connectivity index (χ0v) is 15.7. The lowest BCUT2D eigenvalue weighted by Gasteiger charge is -2.18. The topological polar surface area (TPSA) is 85.8 Å². The fourth-order valence-electron chi connectivity index (χ4n) is 2.66. The lowest BCUT2D eigenvalue weighted by molar-refractivity contribution is 0.144. The first-order chi connectivity index (χ1) is 12.7. The van der Waals surface area contributed by atoms with Crippen LogP contribution in [0.5, 0.6) is 11.5 Å². The van der Waals surface area contributed by atoms with E-state index in [1.165, 1.54) is 11.3 Å². The molecule has 140 valence electrons. The fraction of sp³-hybridized carbons (Fsp3) is 0.471. The van der Waals surface area contributed by atoms with Gasteiger partial charge in [0, 0.05) is 26.1 Å². The van der Waals surface area contributed by atoms with Crippen LogP contribution in [-0.4, -0.2) is 61.7 Å². The summed E-state index contributed by atoms with van der Waals surface area (Å²) in [6, 6.07) is 5.57. The van der Waals surface area contributed by atoms with Crippen molar-refractivity contribution < 1.29 is 19.0 Å². The summed E-state index contributed by atoms with van der Waals surface area (Å²) >= 11 is 1.36. The number of urea groups is 1. The quantitative estimate of drug-likeness (QED) is 0.860. The molecular formula is C17H22N4O4S. The highest BCUT2D eigenvalue weighted by Crippen LogP contribution is 2.29. The van der Waals surface area contributed by atoms with E-state index in [4.69, 9.17) is 14.2 Å². The van der Waals surface area contributed by atoms with E-state index in [0.717, 1.165) is 17.0 Å². The molecule has 3 rings (SSSR count). The molecule has 8 nitrogen and oxygen atoms in total. The van der Waals surface area contributed by atoms with Crippen molar-refractivity contribution in [3.8, 4) is 11.5 Å². The molecule has 0 radical (unpaired) electrons. The molecular weight excluding hydrogens is 356 g/mol. The first-order valence-electron chi connectivity index (χ1n) is 8.36. The Kier molecular flexibility index (Phi) is 6.24. The average Bonchev–Trinajstić information content (AvgIpc) is 2.92. The number of amides is 2. The predicted molar refractivity (Wildman–Crippen MR) is 98.3 cm³/mol. The molecule has 26 heavy (non-hydrogen) atoms. The second kappa shape index (κ2) is 8.81. The number of methoxy groups -OCH3 is 2. The lowest BCUT2D eigenvalue weighted by atomic mass is 10.1. The number of aromatic nitrogens is 2. The molecule has 0 bridgehead atoms. The largest absolute Gasteiger partial charge is 0.493 e. The first kappa shape index (κ1) is 18.4. The second-order valence-corrected chi connectivity index (χ2v) is 6.81. The van der Waals surface area contributed by atoms with Crippen molar-refractivity contribution in [3.05, 3.63) is 28.8 Å². The highest BCUT2D eigenvalue weighted by molar-refractivity contribution is 7.15. The van der Waals surface area contributed by atoms with Crippen molar-refractivity contribution in [3.63, 3.8) is 0 Å². The van der Waals surface area contributed by atoms with Crippen molar-refractivity contribution in [1.82, 2.24) is 15.1 Å². The normalized spacial score (nSPS) is 14.6. The van der Waals surface area contributed by atoms with Crippen molar-refractivity contribution in [2.75, 3.05) is 45.8 Å². The molecule has 1 fully saturated rings. The summed E-state index contributed by atoms with van der Waals surface area (Å²) in [5.74, 6) is 1.36. The van der Waals surface area contributed by atoms with E-state index in [-0.39, 0.29) is 6.03 Å². The summed E-state index contributed by atoms with van der Waals surface area (Å²) in [6.07, 6.45) is 1.44. The Hall–Kier alpha value is -2.39. The Morgan fingerprint density at radius 3 is 2.88 bits per heavy atom. The maximum Gasteiger partial charge on any atom is 0.323 e. The molecule has 0 spiro atoms. The Bertz CT molecular complexity index is 744. The fourth-order valence-corrected chi connectivity index (χ4v) is 3.42. The highest BCUT2D eigenvalue weighted by atomic mass is 32.1. The number of ether oxygens (including phenoxy) is 3.